The summed E-state index contributed by atoms with van der Waals surface area (Å²) in [4.78, 5) is 10.5. The molecule has 24 heavy (non-hydrogen) atoms. The van der Waals surface area contributed by atoms with Crippen molar-refractivity contribution in [3.05, 3.63) is 51.0 Å². The fourth-order valence-electron chi connectivity index (χ4n) is 2.33. The lowest BCUT2D eigenvalue weighted by molar-refractivity contribution is 0.796. The minimum absolute atomic E-state index is 0.756. The van der Waals surface area contributed by atoms with Gasteiger partial charge in [-0.15, -0.1) is 11.3 Å². The first-order valence-corrected chi connectivity index (χ1v) is 9.40. The van der Waals surface area contributed by atoms with Crippen molar-refractivity contribution in [3.8, 4) is 0 Å². The number of hydrogen-bond acceptors (Lipinski definition) is 3. The molecule has 1 heterocycles. The molecule has 2 aromatic rings. The van der Waals surface area contributed by atoms with E-state index in [-0.39, 0.29) is 0 Å². The molecule has 0 aliphatic heterocycles. The number of aliphatic imine (C=N–C) groups is 1. The van der Waals surface area contributed by atoms with E-state index < -0.39 is 0 Å². The monoisotopic (exact) mass is 344 g/mol. The molecule has 1 aromatic carbocycles. The Morgan fingerprint density at radius 3 is 2.46 bits per heavy atom. The van der Waals surface area contributed by atoms with Gasteiger partial charge in [-0.05, 0) is 39.7 Å². The average Bonchev–Trinajstić information content (AvgIpc) is 2.87. The summed E-state index contributed by atoms with van der Waals surface area (Å²) in [5.74, 6) is 0.884. The minimum atomic E-state index is 0.756. The molecule has 0 unspecified atom stereocenters. The topological polar surface area (TPSA) is 49.3 Å². The molecule has 0 bridgehead atoms. The number of nitrogens with one attached hydrogen (secondary N) is 2. The molecule has 1 aromatic heterocycles. The maximum absolute atomic E-state index is 4.65. The molecule has 0 aliphatic carbocycles. The quantitative estimate of drug-likeness (QED) is 0.598. The van der Waals surface area contributed by atoms with Gasteiger partial charge in [-0.1, -0.05) is 29.8 Å². The van der Waals surface area contributed by atoms with Crippen LogP contribution in [0.2, 0.25) is 0 Å². The maximum Gasteiger partial charge on any atom is 0.191 e. The summed E-state index contributed by atoms with van der Waals surface area (Å²) in [7, 11) is 0. The van der Waals surface area contributed by atoms with Crippen molar-refractivity contribution in [1.29, 1.82) is 0 Å². The molecule has 130 valence electrons. The molecule has 0 amide bonds. The van der Waals surface area contributed by atoms with Crippen LogP contribution in [0.25, 0.3) is 0 Å². The Balaban J connectivity index is 1.80. The zero-order valence-electron chi connectivity index (χ0n) is 15.1. The Morgan fingerprint density at radius 2 is 1.83 bits per heavy atom. The number of benzene rings is 1. The first kappa shape index (κ1) is 18.5. The fraction of sp³-hybridized carbons (Fsp3) is 0.474. The maximum atomic E-state index is 4.65. The van der Waals surface area contributed by atoms with Gasteiger partial charge in [-0.25, -0.2) is 4.98 Å². The highest BCUT2D eigenvalue weighted by molar-refractivity contribution is 7.11. The molecule has 4 nitrogen and oxygen atoms in total. The van der Waals surface area contributed by atoms with E-state index in [2.05, 4.69) is 72.6 Å². The van der Waals surface area contributed by atoms with E-state index in [1.165, 1.54) is 21.0 Å². The Hall–Kier alpha value is -1.88. The highest BCUT2D eigenvalue weighted by atomic mass is 32.1. The Bertz CT molecular complexity index is 639. The van der Waals surface area contributed by atoms with Crippen molar-refractivity contribution in [1.82, 2.24) is 15.6 Å². The number of hydrogen-bond donors (Lipinski definition) is 2. The van der Waals surface area contributed by atoms with Crippen LogP contribution in [0.15, 0.2) is 29.3 Å². The van der Waals surface area contributed by atoms with Gasteiger partial charge in [0.1, 0.15) is 0 Å². The largest absolute Gasteiger partial charge is 0.357 e. The second-order valence-corrected chi connectivity index (χ2v) is 7.21. The van der Waals surface area contributed by atoms with Crippen LogP contribution >= 0.6 is 11.3 Å². The van der Waals surface area contributed by atoms with Crippen LogP contribution in [0.3, 0.4) is 0 Å². The molecule has 5 heteroatoms. The van der Waals surface area contributed by atoms with Crippen LogP contribution in [0.5, 0.6) is 0 Å². The van der Waals surface area contributed by atoms with Gasteiger partial charge in [-0.2, -0.15) is 0 Å². The van der Waals surface area contributed by atoms with Crippen molar-refractivity contribution in [2.45, 2.75) is 40.5 Å². The summed E-state index contributed by atoms with van der Waals surface area (Å²) in [6, 6.07) is 8.70. The van der Waals surface area contributed by atoms with Gasteiger partial charge in [0, 0.05) is 30.9 Å². The van der Waals surface area contributed by atoms with Gasteiger partial charge < -0.3 is 10.6 Å². The predicted molar refractivity (Wildman–Crippen MR) is 104 cm³/mol. The fourth-order valence-corrected chi connectivity index (χ4v) is 3.25. The lowest BCUT2D eigenvalue weighted by atomic mass is 10.1. The van der Waals surface area contributed by atoms with Crippen LogP contribution in [0.4, 0.5) is 0 Å². The first-order chi connectivity index (χ1) is 11.6. The highest BCUT2D eigenvalue weighted by Gasteiger charge is 2.03. The smallest absolute Gasteiger partial charge is 0.191 e. The van der Waals surface area contributed by atoms with Crippen molar-refractivity contribution in [2.75, 3.05) is 19.6 Å². The Kier molecular flexibility index (Phi) is 7.25. The molecular formula is C19H28N4S. The average molecular weight is 345 g/mol. The lowest BCUT2D eigenvalue weighted by Crippen LogP contribution is -2.38. The normalized spacial score (nSPS) is 11.6. The summed E-state index contributed by atoms with van der Waals surface area (Å²) >= 11 is 1.77. The summed E-state index contributed by atoms with van der Waals surface area (Å²) in [5.41, 5.74) is 3.79. The molecule has 0 spiro atoms. The molecule has 0 radical (unpaired) electrons. The third-order valence-electron chi connectivity index (χ3n) is 3.84. The van der Waals surface area contributed by atoms with Crippen molar-refractivity contribution >= 4 is 17.3 Å². The molecular weight excluding hydrogens is 316 g/mol. The van der Waals surface area contributed by atoms with E-state index in [4.69, 9.17) is 0 Å². The van der Waals surface area contributed by atoms with Gasteiger partial charge >= 0.3 is 0 Å². The van der Waals surface area contributed by atoms with E-state index in [1.807, 2.05) is 0 Å². The van der Waals surface area contributed by atoms with E-state index in [0.29, 0.717) is 0 Å². The summed E-state index contributed by atoms with van der Waals surface area (Å²) in [6.45, 7) is 10.9. The van der Waals surface area contributed by atoms with Gasteiger partial charge in [0.05, 0.1) is 10.7 Å². The Labute approximate surface area is 149 Å². The second kappa shape index (κ2) is 9.42. The second-order valence-electron chi connectivity index (χ2n) is 5.92. The van der Waals surface area contributed by atoms with Crippen molar-refractivity contribution in [3.63, 3.8) is 0 Å². The molecule has 0 aliphatic rings. The molecule has 0 fully saturated rings. The van der Waals surface area contributed by atoms with Crippen molar-refractivity contribution in [2.24, 2.45) is 4.99 Å². The summed E-state index contributed by atoms with van der Waals surface area (Å²) in [5, 5.41) is 7.88. The van der Waals surface area contributed by atoms with Gasteiger partial charge in [0.15, 0.2) is 5.96 Å². The number of aromatic nitrogens is 1. The SMILES string of the molecule is CCNC(=NCCc1nc(C)c(C)s1)NCCc1ccc(C)cc1. The Morgan fingerprint density at radius 1 is 1.08 bits per heavy atom. The van der Waals surface area contributed by atoms with E-state index in [9.17, 15) is 0 Å². The van der Waals surface area contributed by atoms with E-state index in [1.54, 1.807) is 11.3 Å². The van der Waals surface area contributed by atoms with Crippen LogP contribution in [0.1, 0.15) is 33.6 Å². The first-order valence-electron chi connectivity index (χ1n) is 8.59. The van der Waals surface area contributed by atoms with E-state index in [0.717, 1.165) is 44.1 Å². The van der Waals surface area contributed by atoms with Crippen LogP contribution < -0.4 is 10.6 Å². The molecule has 2 N–H and O–H groups in total. The molecule has 2 rings (SSSR count). The molecule has 0 saturated heterocycles. The number of guanidine groups is 1. The number of aryl methyl sites for hydroxylation is 3. The van der Waals surface area contributed by atoms with Gasteiger partial charge in [-0.3, -0.25) is 4.99 Å². The minimum Gasteiger partial charge on any atom is -0.357 e. The third-order valence-corrected chi connectivity index (χ3v) is 4.97. The van der Waals surface area contributed by atoms with Crippen LogP contribution in [0, 0.1) is 20.8 Å². The van der Waals surface area contributed by atoms with Gasteiger partial charge in [0.25, 0.3) is 0 Å². The number of thiazole rings is 1. The third kappa shape index (κ3) is 5.96. The standard InChI is InChI=1S/C19H28N4S/c1-5-20-19(21-12-10-17-8-6-14(2)7-9-17)22-13-11-18-23-15(3)16(4)24-18/h6-9H,5,10-13H2,1-4H3,(H2,20,21,22). The number of rotatable bonds is 7. The predicted octanol–water partition coefficient (Wildman–Crippen LogP) is 3.41. The van der Waals surface area contributed by atoms with E-state index >= 15 is 0 Å². The zero-order valence-corrected chi connectivity index (χ0v) is 16.0. The summed E-state index contributed by atoms with van der Waals surface area (Å²) in [6.07, 6.45) is 1.89. The van der Waals surface area contributed by atoms with Gasteiger partial charge in [0.2, 0.25) is 0 Å². The van der Waals surface area contributed by atoms with Crippen LogP contribution in [-0.2, 0) is 12.8 Å². The summed E-state index contributed by atoms with van der Waals surface area (Å²) < 4.78 is 0. The van der Waals surface area contributed by atoms with Crippen molar-refractivity contribution < 1.29 is 0 Å². The number of nitrogens with zero attached hydrogens (tertiary/aromatic N) is 2. The highest BCUT2D eigenvalue weighted by Crippen LogP contribution is 2.16. The zero-order chi connectivity index (χ0) is 17.4. The molecule has 0 saturated carbocycles. The molecule has 0 atom stereocenters. The van der Waals surface area contributed by atoms with Crippen LogP contribution in [-0.4, -0.2) is 30.6 Å². The lowest BCUT2D eigenvalue weighted by Gasteiger charge is -2.11.